The molecule has 31 heavy (non-hydrogen) atoms. The van der Waals surface area contributed by atoms with Crippen molar-refractivity contribution in [2.45, 2.75) is 6.42 Å². The Hall–Kier alpha value is -4.40. The summed E-state index contributed by atoms with van der Waals surface area (Å²) in [5.41, 5.74) is 2.39. The van der Waals surface area contributed by atoms with Gasteiger partial charge in [-0.1, -0.05) is 41.6 Å². The number of carbonyl (C=O) groups is 2. The Kier molecular flexibility index (Phi) is 6.03. The Morgan fingerprint density at radius 2 is 1.77 bits per heavy atom. The van der Waals surface area contributed by atoms with Gasteiger partial charge in [-0.2, -0.15) is 4.98 Å². The average molecular weight is 414 g/mol. The van der Waals surface area contributed by atoms with Gasteiger partial charge in [-0.15, -0.1) is 0 Å². The van der Waals surface area contributed by atoms with Gasteiger partial charge in [-0.25, -0.2) is 4.98 Å². The van der Waals surface area contributed by atoms with Gasteiger partial charge in [0.1, 0.15) is 5.69 Å². The van der Waals surface area contributed by atoms with Crippen molar-refractivity contribution in [2.75, 3.05) is 11.9 Å². The van der Waals surface area contributed by atoms with E-state index in [1.54, 1.807) is 55.0 Å². The first-order valence-corrected chi connectivity index (χ1v) is 9.49. The van der Waals surface area contributed by atoms with E-state index < -0.39 is 0 Å². The molecular weight excluding hydrogens is 396 g/mol. The lowest BCUT2D eigenvalue weighted by atomic mass is 10.1. The van der Waals surface area contributed by atoms with Crippen LogP contribution in [0, 0.1) is 0 Å². The minimum absolute atomic E-state index is 0.153. The molecule has 4 rings (SSSR count). The molecule has 0 radical (unpaired) electrons. The fourth-order valence-electron chi connectivity index (χ4n) is 2.85. The number of anilines is 1. The molecule has 0 aliphatic carbocycles. The molecule has 2 heterocycles. The minimum atomic E-state index is -0.345. The molecule has 0 saturated carbocycles. The molecule has 4 aromatic rings. The molecule has 154 valence electrons. The average Bonchev–Trinajstić information content (AvgIpc) is 3.28. The fourth-order valence-corrected chi connectivity index (χ4v) is 2.85. The summed E-state index contributed by atoms with van der Waals surface area (Å²) in [6, 6.07) is 16.0. The largest absolute Gasteiger partial charge is 0.343 e. The van der Waals surface area contributed by atoms with Crippen LogP contribution >= 0.6 is 0 Å². The first kappa shape index (κ1) is 19.9. The van der Waals surface area contributed by atoms with E-state index in [0.29, 0.717) is 35.1 Å². The Labute approximate surface area is 177 Å². The SMILES string of the molecule is O=C(CNC(=O)c1ccccc1)Nc1ccccc1Cc1nc(-c2cnccn2)no1. The van der Waals surface area contributed by atoms with Crippen LogP contribution in [0.5, 0.6) is 0 Å². The van der Waals surface area contributed by atoms with E-state index in [2.05, 4.69) is 30.7 Å². The highest BCUT2D eigenvalue weighted by Crippen LogP contribution is 2.20. The highest BCUT2D eigenvalue weighted by atomic mass is 16.5. The molecule has 0 atom stereocenters. The van der Waals surface area contributed by atoms with Gasteiger partial charge in [-0.3, -0.25) is 14.6 Å². The highest BCUT2D eigenvalue weighted by Gasteiger charge is 2.14. The molecule has 0 unspecified atom stereocenters. The zero-order valence-electron chi connectivity index (χ0n) is 16.4. The number of aromatic nitrogens is 4. The second kappa shape index (κ2) is 9.40. The minimum Gasteiger partial charge on any atom is -0.343 e. The number of carbonyl (C=O) groups excluding carboxylic acids is 2. The molecule has 0 bridgehead atoms. The summed E-state index contributed by atoms with van der Waals surface area (Å²) in [5, 5.41) is 9.34. The van der Waals surface area contributed by atoms with Crippen molar-refractivity contribution < 1.29 is 14.1 Å². The van der Waals surface area contributed by atoms with E-state index >= 15 is 0 Å². The lowest BCUT2D eigenvalue weighted by Crippen LogP contribution is -2.33. The maximum Gasteiger partial charge on any atom is 0.251 e. The van der Waals surface area contributed by atoms with Crippen molar-refractivity contribution >= 4 is 17.5 Å². The van der Waals surface area contributed by atoms with Gasteiger partial charge < -0.3 is 15.2 Å². The summed E-state index contributed by atoms with van der Waals surface area (Å²) >= 11 is 0. The van der Waals surface area contributed by atoms with E-state index in [9.17, 15) is 9.59 Å². The van der Waals surface area contributed by atoms with Crippen LogP contribution < -0.4 is 10.6 Å². The van der Waals surface area contributed by atoms with Crippen molar-refractivity contribution in [3.63, 3.8) is 0 Å². The van der Waals surface area contributed by atoms with Crippen LogP contribution in [0.4, 0.5) is 5.69 Å². The number of hydrogen-bond acceptors (Lipinski definition) is 7. The van der Waals surface area contributed by atoms with E-state index in [-0.39, 0.29) is 18.4 Å². The Balaban J connectivity index is 1.39. The first-order valence-electron chi connectivity index (χ1n) is 9.49. The molecule has 0 aliphatic heterocycles. The summed E-state index contributed by atoms with van der Waals surface area (Å²) in [7, 11) is 0. The number of amides is 2. The van der Waals surface area contributed by atoms with E-state index in [1.807, 2.05) is 18.2 Å². The van der Waals surface area contributed by atoms with Gasteiger partial charge >= 0.3 is 0 Å². The van der Waals surface area contributed by atoms with Crippen LogP contribution in [0.3, 0.4) is 0 Å². The maximum atomic E-state index is 12.3. The molecule has 2 amide bonds. The second-order valence-electron chi connectivity index (χ2n) is 6.53. The quantitative estimate of drug-likeness (QED) is 0.476. The Morgan fingerprint density at radius 1 is 0.968 bits per heavy atom. The van der Waals surface area contributed by atoms with Crippen molar-refractivity contribution in [3.8, 4) is 11.5 Å². The third-order valence-electron chi connectivity index (χ3n) is 4.34. The van der Waals surface area contributed by atoms with Crippen molar-refractivity contribution in [1.29, 1.82) is 0 Å². The molecule has 0 spiro atoms. The number of nitrogens with one attached hydrogen (secondary N) is 2. The number of nitrogens with zero attached hydrogens (tertiary/aromatic N) is 4. The zero-order chi connectivity index (χ0) is 21.5. The summed E-state index contributed by atoms with van der Waals surface area (Å²) in [6.07, 6.45) is 4.98. The fraction of sp³-hybridized carbons (Fsp3) is 0.0909. The topological polar surface area (TPSA) is 123 Å². The lowest BCUT2D eigenvalue weighted by Gasteiger charge is -2.10. The predicted molar refractivity (Wildman–Crippen MR) is 112 cm³/mol. The van der Waals surface area contributed by atoms with Gasteiger partial charge in [0.25, 0.3) is 5.91 Å². The van der Waals surface area contributed by atoms with Crippen LogP contribution in [0.25, 0.3) is 11.5 Å². The smallest absolute Gasteiger partial charge is 0.251 e. The molecule has 9 nitrogen and oxygen atoms in total. The molecule has 2 aromatic heterocycles. The van der Waals surface area contributed by atoms with Crippen LogP contribution in [0.1, 0.15) is 21.8 Å². The molecule has 0 saturated heterocycles. The Bertz CT molecular complexity index is 1180. The van der Waals surface area contributed by atoms with Crippen molar-refractivity contribution in [2.24, 2.45) is 0 Å². The Morgan fingerprint density at radius 3 is 2.58 bits per heavy atom. The monoisotopic (exact) mass is 414 g/mol. The van der Waals surface area contributed by atoms with Gasteiger partial charge in [0.15, 0.2) is 0 Å². The molecule has 9 heteroatoms. The summed E-state index contributed by atoms with van der Waals surface area (Å²) < 4.78 is 5.31. The van der Waals surface area contributed by atoms with Crippen LogP contribution in [-0.4, -0.2) is 38.5 Å². The lowest BCUT2D eigenvalue weighted by molar-refractivity contribution is -0.115. The van der Waals surface area contributed by atoms with Gasteiger partial charge in [0, 0.05) is 23.6 Å². The number of benzene rings is 2. The van der Waals surface area contributed by atoms with Gasteiger partial charge in [-0.05, 0) is 23.8 Å². The molecule has 2 aromatic carbocycles. The van der Waals surface area contributed by atoms with E-state index in [1.165, 1.54) is 0 Å². The molecule has 2 N–H and O–H groups in total. The summed E-state index contributed by atoms with van der Waals surface area (Å²) in [4.78, 5) is 36.9. The van der Waals surface area contributed by atoms with Crippen molar-refractivity contribution in [1.82, 2.24) is 25.4 Å². The molecule has 0 aliphatic rings. The third kappa shape index (κ3) is 5.15. The van der Waals surface area contributed by atoms with Gasteiger partial charge in [0.2, 0.25) is 17.6 Å². The number of rotatable bonds is 7. The van der Waals surface area contributed by atoms with Crippen molar-refractivity contribution in [3.05, 3.63) is 90.2 Å². The van der Waals surface area contributed by atoms with Crippen LogP contribution in [-0.2, 0) is 11.2 Å². The van der Waals surface area contributed by atoms with E-state index in [0.717, 1.165) is 5.56 Å². The number of para-hydroxylation sites is 1. The standard InChI is InChI=1S/C22H18N6O3/c29-19(14-25-22(30)15-6-2-1-3-7-15)26-17-9-5-4-8-16(17)12-20-27-21(28-31-20)18-13-23-10-11-24-18/h1-11,13H,12,14H2,(H,25,30)(H,26,29). The van der Waals surface area contributed by atoms with Crippen LogP contribution in [0.2, 0.25) is 0 Å². The normalized spacial score (nSPS) is 10.5. The predicted octanol–water partition coefficient (Wildman–Crippen LogP) is 2.49. The van der Waals surface area contributed by atoms with Gasteiger partial charge in [0.05, 0.1) is 19.2 Å². The third-order valence-corrected chi connectivity index (χ3v) is 4.34. The maximum absolute atomic E-state index is 12.3. The molecule has 0 fully saturated rings. The highest BCUT2D eigenvalue weighted by molar-refractivity contribution is 5.99. The second-order valence-corrected chi connectivity index (χ2v) is 6.53. The summed E-state index contributed by atoms with van der Waals surface area (Å²) in [5.74, 6) is 0.0573. The van der Waals surface area contributed by atoms with E-state index in [4.69, 9.17) is 4.52 Å². The zero-order valence-corrected chi connectivity index (χ0v) is 16.4. The molecular formula is C22H18N6O3. The number of hydrogen-bond donors (Lipinski definition) is 2. The summed E-state index contributed by atoms with van der Waals surface area (Å²) in [6.45, 7) is -0.153. The first-order chi connectivity index (χ1) is 15.2. The van der Waals surface area contributed by atoms with Crippen LogP contribution in [0.15, 0.2) is 77.7 Å².